The van der Waals surface area contributed by atoms with Gasteiger partial charge < -0.3 is 15.0 Å². The van der Waals surface area contributed by atoms with Crippen molar-refractivity contribution in [2.24, 2.45) is 0 Å². The largest absolute Gasteiger partial charge is 0.497 e. The molecule has 7 heteroatoms. The fourth-order valence-corrected chi connectivity index (χ4v) is 4.04. The molecule has 0 unspecified atom stereocenters. The van der Waals surface area contributed by atoms with E-state index in [4.69, 9.17) is 4.74 Å². The van der Waals surface area contributed by atoms with Gasteiger partial charge in [0.2, 0.25) is 5.95 Å². The molecule has 0 aliphatic carbocycles. The number of carbonyl (C=O) groups excluding carboxylic acids is 1. The summed E-state index contributed by atoms with van der Waals surface area (Å²) < 4.78 is 7.07. The zero-order valence-electron chi connectivity index (χ0n) is 18.0. The number of likely N-dealkylation sites (tertiary alicyclic amines) is 1. The van der Waals surface area contributed by atoms with E-state index in [0.29, 0.717) is 11.5 Å². The van der Waals surface area contributed by atoms with Crippen molar-refractivity contribution in [1.82, 2.24) is 19.5 Å². The summed E-state index contributed by atoms with van der Waals surface area (Å²) in [6, 6.07) is 21.3. The van der Waals surface area contributed by atoms with Crippen LogP contribution in [0.1, 0.15) is 29.6 Å². The first kappa shape index (κ1) is 20.1. The summed E-state index contributed by atoms with van der Waals surface area (Å²) in [5, 5.41) is 7.89. The monoisotopic (exact) mass is 427 g/mol. The Balaban J connectivity index is 1.35. The highest BCUT2D eigenvalue weighted by Gasteiger charge is 2.18. The quantitative estimate of drug-likeness (QED) is 0.497. The van der Waals surface area contributed by atoms with E-state index < -0.39 is 0 Å². The summed E-state index contributed by atoms with van der Waals surface area (Å²) in [4.78, 5) is 19.2. The Morgan fingerprint density at radius 3 is 2.41 bits per heavy atom. The van der Waals surface area contributed by atoms with Gasteiger partial charge in [0.15, 0.2) is 5.65 Å². The Hall–Kier alpha value is -3.87. The number of nitrogens with one attached hydrogen (secondary N) is 1. The molecule has 5 rings (SSSR count). The summed E-state index contributed by atoms with van der Waals surface area (Å²) in [7, 11) is 1.65. The van der Waals surface area contributed by atoms with Crippen LogP contribution in [0.5, 0.6) is 5.75 Å². The van der Waals surface area contributed by atoms with E-state index >= 15 is 0 Å². The van der Waals surface area contributed by atoms with Gasteiger partial charge in [-0.05, 0) is 79.9 Å². The second kappa shape index (κ2) is 8.70. The van der Waals surface area contributed by atoms with Gasteiger partial charge >= 0.3 is 0 Å². The third-order valence-corrected chi connectivity index (χ3v) is 5.78. The van der Waals surface area contributed by atoms with Crippen molar-refractivity contribution in [1.29, 1.82) is 0 Å². The lowest BCUT2D eigenvalue weighted by Gasteiger charge is -2.26. The normalized spacial score (nSPS) is 13.8. The molecule has 1 amide bonds. The molecule has 1 fully saturated rings. The van der Waals surface area contributed by atoms with Crippen LogP contribution < -0.4 is 10.1 Å². The van der Waals surface area contributed by atoms with E-state index in [1.165, 1.54) is 6.42 Å². The van der Waals surface area contributed by atoms with Crippen molar-refractivity contribution < 1.29 is 9.53 Å². The molecule has 1 aliphatic heterocycles. The van der Waals surface area contributed by atoms with Gasteiger partial charge in [0.1, 0.15) is 5.75 Å². The number of rotatable bonds is 5. The van der Waals surface area contributed by atoms with Gasteiger partial charge in [-0.15, -0.1) is 5.10 Å². The Kier molecular flexibility index (Phi) is 5.46. The first-order valence-electron chi connectivity index (χ1n) is 10.9. The average Bonchev–Trinajstić information content (AvgIpc) is 3.27. The van der Waals surface area contributed by atoms with Gasteiger partial charge in [0.05, 0.1) is 12.8 Å². The minimum Gasteiger partial charge on any atom is -0.497 e. The predicted octanol–water partition coefficient (Wildman–Crippen LogP) is 4.77. The van der Waals surface area contributed by atoms with Crippen LogP contribution >= 0.6 is 0 Å². The number of aromatic nitrogens is 3. The summed E-state index contributed by atoms with van der Waals surface area (Å²) >= 11 is 0. The van der Waals surface area contributed by atoms with Crippen molar-refractivity contribution in [2.45, 2.75) is 19.3 Å². The van der Waals surface area contributed by atoms with Crippen LogP contribution in [0, 0.1) is 0 Å². The van der Waals surface area contributed by atoms with Crippen LogP contribution in [0.3, 0.4) is 0 Å². The number of carbonyl (C=O) groups is 1. The van der Waals surface area contributed by atoms with Crippen LogP contribution in [-0.4, -0.2) is 45.6 Å². The van der Waals surface area contributed by atoms with E-state index in [-0.39, 0.29) is 5.91 Å². The number of nitrogens with zero attached hydrogens (tertiary/aromatic N) is 4. The smallest absolute Gasteiger partial charge is 0.253 e. The number of methoxy groups -OCH3 is 1. The summed E-state index contributed by atoms with van der Waals surface area (Å²) in [6.07, 6.45) is 3.38. The molecule has 1 saturated heterocycles. The van der Waals surface area contributed by atoms with E-state index in [0.717, 1.165) is 54.3 Å². The maximum atomic E-state index is 12.7. The number of hydrogen-bond acceptors (Lipinski definition) is 5. The molecule has 1 N–H and O–H groups in total. The highest BCUT2D eigenvalue weighted by molar-refractivity contribution is 5.94. The highest BCUT2D eigenvalue weighted by atomic mass is 16.5. The maximum absolute atomic E-state index is 12.7. The number of amides is 1. The lowest BCUT2D eigenvalue weighted by Crippen LogP contribution is -2.35. The third kappa shape index (κ3) is 4.01. The zero-order valence-corrected chi connectivity index (χ0v) is 18.0. The molecule has 3 heterocycles. The van der Waals surface area contributed by atoms with Crippen molar-refractivity contribution in [2.75, 3.05) is 25.5 Å². The third-order valence-electron chi connectivity index (χ3n) is 5.78. The number of hydrogen-bond donors (Lipinski definition) is 1. The standard InChI is InChI=1S/C25H25N5O2/c1-32-21-14-10-18(11-15-21)22-6-5-7-23-27-25(28-30(22)23)26-20-12-8-19(9-13-20)24(31)29-16-3-2-4-17-29/h5-15H,2-4,16-17H2,1H3,(H,26,28). The number of pyridine rings is 1. The molecular weight excluding hydrogens is 402 g/mol. The van der Waals surface area contributed by atoms with Crippen molar-refractivity contribution in [3.05, 3.63) is 72.3 Å². The van der Waals surface area contributed by atoms with Gasteiger partial charge in [0, 0.05) is 29.9 Å². The summed E-state index contributed by atoms with van der Waals surface area (Å²) in [5.74, 6) is 1.41. The fraction of sp³-hybridized carbons (Fsp3) is 0.240. The van der Waals surface area contributed by atoms with Crippen molar-refractivity contribution in [3.8, 4) is 17.0 Å². The van der Waals surface area contributed by atoms with E-state index in [1.807, 2.05) is 76.1 Å². The van der Waals surface area contributed by atoms with Gasteiger partial charge in [-0.2, -0.15) is 4.98 Å². The van der Waals surface area contributed by atoms with Crippen molar-refractivity contribution in [3.63, 3.8) is 0 Å². The number of anilines is 2. The summed E-state index contributed by atoms with van der Waals surface area (Å²) in [5.41, 5.74) is 4.25. The zero-order chi connectivity index (χ0) is 21.9. The lowest BCUT2D eigenvalue weighted by molar-refractivity contribution is 0.0724. The van der Waals surface area contributed by atoms with E-state index in [1.54, 1.807) is 7.11 Å². The van der Waals surface area contributed by atoms with Gasteiger partial charge in [-0.25, -0.2) is 4.52 Å². The molecule has 2 aromatic carbocycles. The molecule has 0 radical (unpaired) electrons. The molecule has 7 nitrogen and oxygen atoms in total. The molecular formula is C25H25N5O2. The second-order valence-electron chi connectivity index (χ2n) is 7.90. The minimum absolute atomic E-state index is 0.103. The van der Waals surface area contributed by atoms with Gasteiger partial charge in [-0.1, -0.05) is 6.07 Å². The van der Waals surface area contributed by atoms with Crippen molar-refractivity contribution >= 4 is 23.2 Å². The van der Waals surface area contributed by atoms with Gasteiger partial charge in [0.25, 0.3) is 5.91 Å². The molecule has 0 spiro atoms. The van der Waals surface area contributed by atoms with E-state index in [9.17, 15) is 4.79 Å². The molecule has 1 aliphatic rings. The number of piperidine rings is 1. The van der Waals surface area contributed by atoms with Crippen LogP contribution in [0.4, 0.5) is 11.6 Å². The lowest BCUT2D eigenvalue weighted by atomic mass is 10.1. The van der Waals surface area contributed by atoms with Crippen LogP contribution in [0.2, 0.25) is 0 Å². The van der Waals surface area contributed by atoms with E-state index in [2.05, 4.69) is 15.4 Å². The topological polar surface area (TPSA) is 71.8 Å². The average molecular weight is 428 g/mol. The molecule has 4 aromatic rings. The molecule has 32 heavy (non-hydrogen) atoms. The second-order valence-corrected chi connectivity index (χ2v) is 7.90. The summed E-state index contributed by atoms with van der Waals surface area (Å²) in [6.45, 7) is 1.70. The molecule has 162 valence electrons. The highest BCUT2D eigenvalue weighted by Crippen LogP contribution is 2.24. The first-order valence-corrected chi connectivity index (χ1v) is 10.9. The maximum Gasteiger partial charge on any atom is 0.253 e. The SMILES string of the molecule is COc1ccc(-c2cccc3nc(Nc4ccc(C(=O)N5CCCCC5)cc4)nn23)cc1. The van der Waals surface area contributed by atoms with Crippen LogP contribution in [0.15, 0.2) is 66.7 Å². The predicted molar refractivity (Wildman–Crippen MR) is 124 cm³/mol. The number of ether oxygens (including phenoxy) is 1. The number of fused-ring (bicyclic) bond motifs is 1. The Labute approximate surface area is 186 Å². The number of benzene rings is 2. The Morgan fingerprint density at radius 1 is 0.938 bits per heavy atom. The molecule has 0 saturated carbocycles. The Bertz CT molecular complexity index is 1230. The molecule has 0 atom stereocenters. The Morgan fingerprint density at radius 2 is 1.69 bits per heavy atom. The molecule has 0 bridgehead atoms. The van der Waals surface area contributed by atoms with Crippen LogP contribution in [0.25, 0.3) is 16.9 Å². The first-order chi connectivity index (χ1) is 15.7. The fourth-order valence-electron chi connectivity index (χ4n) is 4.04. The minimum atomic E-state index is 0.103. The molecule has 2 aromatic heterocycles. The van der Waals surface area contributed by atoms with Crippen LogP contribution in [-0.2, 0) is 0 Å². The van der Waals surface area contributed by atoms with Gasteiger partial charge in [-0.3, -0.25) is 4.79 Å².